The van der Waals surface area contributed by atoms with Crippen molar-refractivity contribution in [2.75, 3.05) is 7.05 Å². The van der Waals surface area contributed by atoms with Gasteiger partial charge in [0.1, 0.15) is 0 Å². The van der Waals surface area contributed by atoms with Crippen molar-refractivity contribution < 1.29 is 19.5 Å². The summed E-state index contributed by atoms with van der Waals surface area (Å²) >= 11 is 0. The number of nitrogens with one attached hydrogen (secondary N) is 3. The maximum absolute atomic E-state index is 12.4. The van der Waals surface area contributed by atoms with Gasteiger partial charge in [0.25, 0.3) is 0 Å². The van der Waals surface area contributed by atoms with Crippen molar-refractivity contribution in [2.24, 2.45) is 5.92 Å². The minimum absolute atomic E-state index is 0.00895. The zero-order valence-electron chi connectivity index (χ0n) is 15.7. The molecule has 2 rings (SSSR count). The van der Waals surface area contributed by atoms with Crippen LogP contribution in [-0.2, 0) is 16.0 Å². The van der Waals surface area contributed by atoms with Gasteiger partial charge in [0.05, 0.1) is 0 Å². The molecule has 1 saturated carbocycles. The van der Waals surface area contributed by atoms with Crippen LogP contribution in [0.1, 0.15) is 44.1 Å². The molecule has 0 aliphatic heterocycles. The van der Waals surface area contributed by atoms with Gasteiger partial charge < -0.3 is 21.1 Å². The van der Waals surface area contributed by atoms with Gasteiger partial charge in [-0.2, -0.15) is 0 Å². The summed E-state index contributed by atoms with van der Waals surface area (Å²) in [5, 5.41) is 17.5. The fraction of sp³-hybridized carbons (Fsp3) is 0.550. The molecule has 1 atom stereocenters. The van der Waals surface area contributed by atoms with Crippen molar-refractivity contribution in [2.45, 2.75) is 57.0 Å². The number of benzene rings is 1. The molecule has 1 fully saturated rings. The first-order valence-electron chi connectivity index (χ1n) is 9.52. The van der Waals surface area contributed by atoms with E-state index in [1.54, 1.807) is 7.05 Å². The van der Waals surface area contributed by atoms with Crippen LogP contribution in [0.25, 0.3) is 0 Å². The summed E-state index contributed by atoms with van der Waals surface area (Å²) in [6, 6.07) is 9.23. The first-order chi connectivity index (χ1) is 13.0. The van der Waals surface area contributed by atoms with Crippen LogP contribution >= 0.6 is 0 Å². The maximum Gasteiger partial charge on any atom is 0.315 e. The molecule has 3 amide bonds. The molecule has 1 aromatic rings. The van der Waals surface area contributed by atoms with Gasteiger partial charge in [-0.25, -0.2) is 4.79 Å². The molecule has 7 heteroatoms. The van der Waals surface area contributed by atoms with Gasteiger partial charge in [0.2, 0.25) is 5.91 Å². The highest BCUT2D eigenvalue weighted by Crippen LogP contribution is 2.24. The summed E-state index contributed by atoms with van der Waals surface area (Å²) in [6.45, 7) is 0. The summed E-state index contributed by atoms with van der Waals surface area (Å²) in [5.41, 5.74) is 1.05. The second-order valence-electron chi connectivity index (χ2n) is 7.10. The summed E-state index contributed by atoms with van der Waals surface area (Å²) in [5.74, 6) is -0.783. The second kappa shape index (κ2) is 10.5. The number of urea groups is 1. The third kappa shape index (κ3) is 7.29. The van der Waals surface area contributed by atoms with Gasteiger partial charge in [-0.1, -0.05) is 30.3 Å². The Morgan fingerprint density at radius 1 is 1.11 bits per heavy atom. The number of aliphatic carboxylic acids is 1. The largest absolute Gasteiger partial charge is 0.481 e. The van der Waals surface area contributed by atoms with Crippen LogP contribution in [-0.4, -0.2) is 42.1 Å². The lowest BCUT2D eigenvalue weighted by molar-refractivity contribution is -0.137. The number of carbonyl (C=O) groups excluding carboxylic acids is 2. The van der Waals surface area contributed by atoms with E-state index in [1.165, 1.54) is 0 Å². The van der Waals surface area contributed by atoms with Crippen LogP contribution < -0.4 is 16.0 Å². The molecule has 0 aromatic heterocycles. The lowest BCUT2D eigenvalue weighted by Crippen LogP contribution is -2.48. The average Bonchev–Trinajstić information content (AvgIpc) is 2.66. The Morgan fingerprint density at radius 3 is 2.37 bits per heavy atom. The molecule has 7 nitrogen and oxygen atoms in total. The van der Waals surface area contributed by atoms with E-state index < -0.39 is 5.97 Å². The van der Waals surface area contributed by atoms with Crippen molar-refractivity contribution in [1.82, 2.24) is 16.0 Å². The first kappa shape index (κ1) is 20.7. The van der Waals surface area contributed by atoms with Crippen molar-refractivity contribution in [1.29, 1.82) is 0 Å². The van der Waals surface area contributed by atoms with E-state index in [4.69, 9.17) is 5.11 Å². The number of hydrogen-bond acceptors (Lipinski definition) is 3. The molecule has 1 aliphatic carbocycles. The lowest BCUT2D eigenvalue weighted by Gasteiger charge is -2.29. The van der Waals surface area contributed by atoms with Crippen molar-refractivity contribution in [3.05, 3.63) is 35.9 Å². The zero-order valence-corrected chi connectivity index (χ0v) is 15.7. The predicted octanol–water partition coefficient (Wildman–Crippen LogP) is 2.07. The Balaban J connectivity index is 1.83. The molecule has 1 unspecified atom stereocenters. The summed E-state index contributed by atoms with van der Waals surface area (Å²) in [4.78, 5) is 35.0. The normalized spacial score (nSPS) is 20.3. The molecular formula is C20H29N3O4. The number of carbonyl (C=O) groups is 3. The molecule has 0 bridgehead atoms. The van der Waals surface area contributed by atoms with Crippen LogP contribution in [0.3, 0.4) is 0 Å². The Kier molecular flexibility index (Phi) is 8.10. The molecule has 0 heterocycles. The molecule has 0 radical (unpaired) electrons. The Hall–Kier alpha value is -2.57. The van der Waals surface area contributed by atoms with Gasteiger partial charge >= 0.3 is 12.0 Å². The van der Waals surface area contributed by atoms with E-state index >= 15 is 0 Å². The Labute approximate surface area is 159 Å². The van der Waals surface area contributed by atoms with Crippen LogP contribution in [0.2, 0.25) is 0 Å². The molecule has 27 heavy (non-hydrogen) atoms. The molecule has 4 N–H and O–H groups in total. The van der Waals surface area contributed by atoms with E-state index in [9.17, 15) is 14.4 Å². The highest BCUT2D eigenvalue weighted by atomic mass is 16.4. The second-order valence-corrected chi connectivity index (χ2v) is 7.10. The monoisotopic (exact) mass is 375 g/mol. The number of carboxylic acids is 1. The minimum atomic E-state index is -0.872. The van der Waals surface area contributed by atoms with E-state index in [0.717, 1.165) is 31.2 Å². The van der Waals surface area contributed by atoms with Crippen molar-refractivity contribution in [3.63, 3.8) is 0 Å². The van der Waals surface area contributed by atoms with E-state index in [2.05, 4.69) is 16.0 Å². The van der Waals surface area contributed by atoms with Gasteiger partial charge in [-0.05, 0) is 44.1 Å². The Bertz CT molecular complexity index is 627. The predicted molar refractivity (Wildman–Crippen MR) is 102 cm³/mol. The molecule has 1 aliphatic rings. The van der Waals surface area contributed by atoms with Gasteiger partial charge in [-0.15, -0.1) is 0 Å². The zero-order chi connectivity index (χ0) is 19.6. The van der Waals surface area contributed by atoms with E-state index in [1.807, 2.05) is 30.3 Å². The maximum atomic E-state index is 12.4. The van der Waals surface area contributed by atoms with Crippen LogP contribution in [0.5, 0.6) is 0 Å². The van der Waals surface area contributed by atoms with Crippen molar-refractivity contribution in [3.8, 4) is 0 Å². The minimum Gasteiger partial charge on any atom is -0.481 e. The molecule has 148 valence electrons. The average molecular weight is 375 g/mol. The number of carboxylic acid groups (broad SMARTS) is 1. The van der Waals surface area contributed by atoms with Crippen molar-refractivity contribution >= 4 is 17.9 Å². The quantitative estimate of drug-likeness (QED) is 0.558. The van der Waals surface area contributed by atoms with Gasteiger partial charge in [-0.3, -0.25) is 9.59 Å². The first-order valence-corrected chi connectivity index (χ1v) is 9.52. The van der Waals surface area contributed by atoms with Gasteiger partial charge in [0.15, 0.2) is 0 Å². The van der Waals surface area contributed by atoms with Gasteiger partial charge in [0, 0.05) is 31.5 Å². The summed E-state index contributed by atoms with van der Waals surface area (Å²) in [6.07, 6.45) is 4.03. The van der Waals surface area contributed by atoms with Crippen LogP contribution in [0.15, 0.2) is 30.3 Å². The van der Waals surface area contributed by atoms with E-state index in [-0.39, 0.29) is 36.4 Å². The summed E-state index contributed by atoms with van der Waals surface area (Å²) < 4.78 is 0. The van der Waals surface area contributed by atoms with Crippen LogP contribution in [0, 0.1) is 5.92 Å². The third-order valence-corrected chi connectivity index (χ3v) is 5.05. The van der Waals surface area contributed by atoms with E-state index in [0.29, 0.717) is 12.8 Å². The summed E-state index contributed by atoms with van der Waals surface area (Å²) in [7, 11) is 1.64. The van der Waals surface area contributed by atoms with Crippen LogP contribution in [0.4, 0.5) is 4.79 Å². The molecule has 0 spiro atoms. The third-order valence-electron chi connectivity index (χ3n) is 5.05. The molecular weight excluding hydrogens is 346 g/mol. The number of hydrogen-bond donors (Lipinski definition) is 4. The number of amides is 3. The fourth-order valence-electron chi connectivity index (χ4n) is 3.54. The topological polar surface area (TPSA) is 108 Å². The Morgan fingerprint density at radius 2 is 1.78 bits per heavy atom. The highest BCUT2D eigenvalue weighted by Gasteiger charge is 2.26. The smallest absolute Gasteiger partial charge is 0.315 e. The molecule has 0 saturated heterocycles. The highest BCUT2D eigenvalue weighted by molar-refractivity contribution is 5.78. The number of rotatable bonds is 8. The lowest BCUT2D eigenvalue weighted by atomic mass is 9.85. The standard InChI is InChI=1S/C20H29N3O4/c1-21-19(26)15-7-9-16(10-8-15)22-20(27)23-17(11-12-18(24)25)13-14-5-3-2-4-6-14/h2-6,15-17H,7-13H2,1H3,(H,21,26)(H,24,25)(H2,22,23,27). The fourth-order valence-corrected chi connectivity index (χ4v) is 3.54. The molecule has 1 aromatic carbocycles. The SMILES string of the molecule is CNC(=O)C1CCC(NC(=O)NC(CCC(=O)O)Cc2ccccc2)CC1.